The third kappa shape index (κ3) is 9.29. The molecule has 1 amide bonds. The Morgan fingerprint density at radius 2 is 1.70 bits per heavy atom. The predicted molar refractivity (Wildman–Crippen MR) is 126 cm³/mol. The molecular formula is C21H28FIN4O3. The number of aromatic hydroxyl groups is 1. The summed E-state index contributed by atoms with van der Waals surface area (Å²) in [5.41, 5.74) is 0.482. The van der Waals surface area contributed by atoms with Crippen molar-refractivity contribution in [1.82, 2.24) is 16.0 Å². The number of phenolic OH excluding ortho intramolecular Hbond substituents is 1. The summed E-state index contributed by atoms with van der Waals surface area (Å²) < 4.78 is 18.7. The molecule has 0 aliphatic carbocycles. The van der Waals surface area contributed by atoms with Gasteiger partial charge in [0.1, 0.15) is 23.4 Å². The van der Waals surface area contributed by atoms with Crippen molar-refractivity contribution in [2.75, 3.05) is 26.2 Å². The van der Waals surface area contributed by atoms with Crippen LogP contribution in [0.5, 0.6) is 11.5 Å². The van der Waals surface area contributed by atoms with Crippen LogP contribution in [-0.4, -0.2) is 49.3 Å². The fraction of sp³-hybridized carbons (Fsp3) is 0.333. The summed E-state index contributed by atoms with van der Waals surface area (Å²) in [6, 6.07) is 11.9. The largest absolute Gasteiger partial charge is 0.508 e. The highest BCUT2D eigenvalue weighted by Crippen LogP contribution is 2.13. The van der Waals surface area contributed by atoms with Crippen LogP contribution in [0.1, 0.15) is 24.2 Å². The van der Waals surface area contributed by atoms with Crippen molar-refractivity contribution >= 4 is 35.8 Å². The second kappa shape index (κ2) is 13.6. The quantitative estimate of drug-likeness (QED) is 0.173. The zero-order valence-corrected chi connectivity index (χ0v) is 19.4. The molecule has 0 aliphatic rings. The van der Waals surface area contributed by atoms with E-state index in [4.69, 9.17) is 4.74 Å². The molecule has 1 atom stereocenters. The number of hydrogen-bond donors (Lipinski definition) is 4. The van der Waals surface area contributed by atoms with E-state index in [9.17, 15) is 14.3 Å². The van der Waals surface area contributed by atoms with E-state index in [-0.39, 0.29) is 47.6 Å². The molecule has 9 heteroatoms. The van der Waals surface area contributed by atoms with Crippen LogP contribution < -0.4 is 20.7 Å². The molecule has 0 radical (unpaired) electrons. The Bertz CT molecular complexity index is 801. The number of carbonyl (C=O) groups excluding carboxylic acids is 1. The molecule has 0 bridgehead atoms. The van der Waals surface area contributed by atoms with Crippen molar-refractivity contribution in [1.29, 1.82) is 0 Å². The Morgan fingerprint density at radius 3 is 2.33 bits per heavy atom. The Balaban J connectivity index is 0.00000450. The highest BCUT2D eigenvalue weighted by Gasteiger charge is 2.06. The molecule has 7 nitrogen and oxygen atoms in total. The van der Waals surface area contributed by atoms with Gasteiger partial charge in [-0.15, -0.1) is 24.0 Å². The fourth-order valence-electron chi connectivity index (χ4n) is 2.42. The van der Waals surface area contributed by atoms with Gasteiger partial charge >= 0.3 is 0 Å². The predicted octanol–water partition coefficient (Wildman–Crippen LogP) is 2.90. The highest BCUT2D eigenvalue weighted by molar-refractivity contribution is 14.0. The average molecular weight is 530 g/mol. The molecule has 0 saturated heterocycles. The van der Waals surface area contributed by atoms with E-state index in [1.54, 1.807) is 24.3 Å². The van der Waals surface area contributed by atoms with Gasteiger partial charge in [-0.1, -0.05) is 0 Å². The number of ether oxygens (including phenoxy) is 1. The van der Waals surface area contributed by atoms with E-state index in [0.717, 1.165) is 0 Å². The second-order valence-electron chi connectivity index (χ2n) is 6.33. The highest BCUT2D eigenvalue weighted by atomic mass is 127. The number of hydrogen-bond acceptors (Lipinski definition) is 4. The molecule has 2 aromatic carbocycles. The lowest BCUT2D eigenvalue weighted by atomic mass is 10.2. The van der Waals surface area contributed by atoms with Gasteiger partial charge in [0.2, 0.25) is 0 Å². The second-order valence-corrected chi connectivity index (χ2v) is 6.33. The van der Waals surface area contributed by atoms with Gasteiger partial charge in [0, 0.05) is 25.2 Å². The van der Waals surface area contributed by atoms with Gasteiger partial charge in [-0.2, -0.15) is 0 Å². The van der Waals surface area contributed by atoms with Crippen LogP contribution in [0, 0.1) is 5.82 Å². The Morgan fingerprint density at radius 1 is 1.07 bits per heavy atom. The number of nitrogens with zero attached hydrogens (tertiary/aromatic N) is 1. The maximum absolute atomic E-state index is 12.9. The molecule has 30 heavy (non-hydrogen) atoms. The monoisotopic (exact) mass is 530 g/mol. The molecule has 2 rings (SSSR count). The summed E-state index contributed by atoms with van der Waals surface area (Å²) in [4.78, 5) is 16.5. The molecule has 1 unspecified atom stereocenters. The van der Waals surface area contributed by atoms with Crippen molar-refractivity contribution in [3.05, 3.63) is 59.9 Å². The molecule has 0 saturated carbocycles. The molecule has 0 aliphatic heterocycles. The smallest absolute Gasteiger partial charge is 0.251 e. The summed E-state index contributed by atoms with van der Waals surface area (Å²) in [6.07, 6.45) is -0.190. The van der Waals surface area contributed by atoms with E-state index in [1.807, 2.05) is 13.8 Å². The topological polar surface area (TPSA) is 95.0 Å². The molecule has 4 N–H and O–H groups in total. The number of amides is 1. The molecule has 0 fully saturated rings. The van der Waals surface area contributed by atoms with Crippen molar-refractivity contribution in [2.24, 2.45) is 4.99 Å². The van der Waals surface area contributed by atoms with Crippen LogP contribution in [0.2, 0.25) is 0 Å². The number of guanidine groups is 1. The molecule has 2 aromatic rings. The Labute approximate surface area is 193 Å². The number of phenols is 1. The van der Waals surface area contributed by atoms with Crippen LogP contribution in [0.4, 0.5) is 4.39 Å². The van der Waals surface area contributed by atoms with E-state index < -0.39 is 0 Å². The lowest BCUT2D eigenvalue weighted by Crippen LogP contribution is -2.42. The van der Waals surface area contributed by atoms with Gasteiger partial charge in [-0.05, 0) is 62.4 Å². The van der Waals surface area contributed by atoms with E-state index >= 15 is 0 Å². The standard InChI is InChI=1S/C21H27FN4O3.HI/c1-3-23-21(26-14-15(2)29-19-10-6-17(22)7-11-19)25-13-12-24-20(28)16-4-8-18(27)9-5-16;/h4-11,15,27H,3,12-14H2,1-2H3,(H,24,28)(H2,23,25,26);1H. The first-order valence-corrected chi connectivity index (χ1v) is 9.49. The zero-order valence-electron chi connectivity index (χ0n) is 17.0. The SMILES string of the molecule is CCNC(=NCC(C)Oc1ccc(F)cc1)NCCNC(=O)c1ccc(O)cc1.I. The van der Waals surface area contributed by atoms with E-state index in [2.05, 4.69) is 20.9 Å². The normalized spacial score (nSPS) is 11.8. The minimum Gasteiger partial charge on any atom is -0.508 e. The first kappa shape index (κ1) is 25.5. The van der Waals surface area contributed by atoms with Crippen LogP contribution in [0.3, 0.4) is 0 Å². The molecular weight excluding hydrogens is 502 g/mol. The average Bonchev–Trinajstić information content (AvgIpc) is 2.71. The van der Waals surface area contributed by atoms with Crippen molar-refractivity contribution < 1.29 is 19.0 Å². The number of halogens is 2. The zero-order chi connectivity index (χ0) is 21.1. The minimum absolute atomic E-state index is 0. The molecule has 0 aromatic heterocycles. The minimum atomic E-state index is -0.306. The Kier molecular flexibility index (Phi) is 11.6. The van der Waals surface area contributed by atoms with Gasteiger partial charge in [0.05, 0.1) is 6.54 Å². The van der Waals surface area contributed by atoms with Gasteiger partial charge in [-0.3, -0.25) is 4.79 Å². The number of rotatable bonds is 9. The fourth-order valence-corrected chi connectivity index (χ4v) is 2.42. The van der Waals surface area contributed by atoms with Gasteiger partial charge < -0.3 is 25.8 Å². The van der Waals surface area contributed by atoms with E-state index in [1.165, 1.54) is 24.3 Å². The number of benzene rings is 2. The number of nitrogens with one attached hydrogen (secondary N) is 3. The third-order valence-electron chi connectivity index (χ3n) is 3.83. The maximum Gasteiger partial charge on any atom is 0.251 e. The summed E-state index contributed by atoms with van der Waals surface area (Å²) >= 11 is 0. The molecule has 0 heterocycles. The van der Waals surface area contributed by atoms with Crippen LogP contribution in [-0.2, 0) is 0 Å². The number of carbonyl (C=O) groups is 1. The van der Waals surface area contributed by atoms with Crippen molar-refractivity contribution in [3.63, 3.8) is 0 Å². The number of aliphatic imine (C=N–C) groups is 1. The van der Waals surface area contributed by atoms with Crippen molar-refractivity contribution in [2.45, 2.75) is 20.0 Å². The maximum atomic E-state index is 12.9. The summed E-state index contributed by atoms with van der Waals surface area (Å²) in [5.74, 6) is 0.798. The molecule has 164 valence electrons. The molecule has 0 spiro atoms. The van der Waals surface area contributed by atoms with Gasteiger partial charge in [0.25, 0.3) is 5.91 Å². The first-order chi connectivity index (χ1) is 14.0. The van der Waals surface area contributed by atoms with Crippen LogP contribution >= 0.6 is 24.0 Å². The summed E-state index contributed by atoms with van der Waals surface area (Å²) in [6.45, 7) is 5.84. The van der Waals surface area contributed by atoms with Gasteiger partial charge in [0.15, 0.2) is 5.96 Å². The van der Waals surface area contributed by atoms with Crippen molar-refractivity contribution in [3.8, 4) is 11.5 Å². The third-order valence-corrected chi connectivity index (χ3v) is 3.83. The van der Waals surface area contributed by atoms with Crippen LogP contribution in [0.15, 0.2) is 53.5 Å². The lowest BCUT2D eigenvalue weighted by Gasteiger charge is -2.15. The Hall–Kier alpha value is -2.56. The summed E-state index contributed by atoms with van der Waals surface area (Å²) in [5, 5.41) is 18.3. The van der Waals surface area contributed by atoms with Gasteiger partial charge in [-0.25, -0.2) is 9.38 Å². The first-order valence-electron chi connectivity index (χ1n) is 9.49. The summed E-state index contributed by atoms with van der Waals surface area (Å²) in [7, 11) is 0. The van der Waals surface area contributed by atoms with Crippen LogP contribution in [0.25, 0.3) is 0 Å². The van der Waals surface area contributed by atoms with E-state index in [0.29, 0.717) is 43.5 Å². The lowest BCUT2D eigenvalue weighted by molar-refractivity contribution is 0.0954.